The number of aliphatic imine (C=N–C) groups is 1. The number of fused-ring (bicyclic) bond motifs is 2. The number of nitrogens with zero attached hydrogens (tertiary/aromatic N) is 3. The van der Waals surface area contributed by atoms with Crippen molar-refractivity contribution in [3.63, 3.8) is 0 Å². The number of carboxylic acids is 1. The number of aromatic hydroxyl groups is 1. The molecule has 40 heavy (non-hydrogen) atoms. The maximum atomic E-state index is 13.8. The van der Waals surface area contributed by atoms with E-state index in [0.717, 1.165) is 24.3 Å². The Morgan fingerprint density at radius 2 is 1.73 bits per heavy atom. The number of hydrogen-bond donors (Lipinski definition) is 3. The van der Waals surface area contributed by atoms with Gasteiger partial charge in [0.15, 0.2) is 5.88 Å². The van der Waals surface area contributed by atoms with Gasteiger partial charge in [-0.15, -0.1) is 0 Å². The first-order valence-electron chi connectivity index (χ1n) is 13.0. The molecule has 1 aromatic heterocycles. The van der Waals surface area contributed by atoms with Crippen molar-refractivity contribution in [1.29, 1.82) is 0 Å². The monoisotopic (exact) mass is 542 g/mol. The van der Waals surface area contributed by atoms with Gasteiger partial charge >= 0.3 is 5.97 Å². The molecule has 10 heteroatoms. The van der Waals surface area contributed by atoms with Gasteiger partial charge in [-0.05, 0) is 66.6 Å². The van der Waals surface area contributed by atoms with E-state index in [4.69, 9.17) is 9.73 Å². The standard InChI is InChI=1S/C30H27FN4O5/c31-21-4-1-18(2-5-21)28(27-23-7-3-20(30(38)39)16-24(23)33-29(27)37)32-22-6-8-25-19(15-22)9-10-35(25)26(36)17-34-11-13-40-14-12-34/h1-8,15-16,33,37H,9-14,17H2,(H,38,39). The van der Waals surface area contributed by atoms with Gasteiger partial charge in [0.2, 0.25) is 5.91 Å². The predicted octanol–water partition coefficient (Wildman–Crippen LogP) is 4.10. The number of benzene rings is 3. The van der Waals surface area contributed by atoms with Crippen molar-refractivity contribution in [2.75, 3.05) is 44.3 Å². The van der Waals surface area contributed by atoms with Crippen LogP contribution in [0.5, 0.6) is 5.88 Å². The number of hydrogen-bond acceptors (Lipinski definition) is 6. The van der Waals surface area contributed by atoms with Gasteiger partial charge in [-0.25, -0.2) is 14.2 Å². The summed E-state index contributed by atoms with van der Waals surface area (Å²) in [5, 5.41) is 20.8. The third-order valence-electron chi connectivity index (χ3n) is 7.34. The van der Waals surface area contributed by atoms with Crippen molar-refractivity contribution in [1.82, 2.24) is 9.88 Å². The summed E-state index contributed by atoms with van der Waals surface area (Å²) < 4.78 is 19.2. The molecule has 9 nitrogen and oxygen atoms in total. The fourth-order valence-corrected chi connectivity index (χ4v) is 5.31. The molecular weight excluding hydrogens is 515 g/mol. The lowest BCUT2D eigenvalue weighted by atomic mass is 10.00. The lowest BCUT2D eigenvalue weighted by molar-refractivity contribution is -0.120. The number of aromatic amines is 1. The van der Waals surface area contributed by atoms with Crippen LogP contribution in [0.3, 0.4) is 0 Å². The second-order valence-electron chi connectivity index (χ2n) is 9.88. The first-order chi connectivity index (χ1) is 19.4. The first kappa shape index (κ1) is 25.7. The topological polar surface area (TPSA) is 118 Å². The third-order valence-corrected chi connectivity index (χ3v) is 7.34. The SMILES string of the molecule is O=C(O)c1ccc2c(C(=Nc3ccc4c(c3)CCN4C(=O)CN3CCOCC3)c3ccc(F)cc3)c(O)[nH]c2c1. The van der Waals surface area contributed by atoms with Gasteiger partial charge in [0.1, 0.15) is 5.82 Å². The number of anilines is 1. The van der Waals surface area contributed by atoms with Gasteiger partial charge in [-0.2, -0.15) is 0 Å². The Bertz CT molecular complexity index is 1640. The van der Waals surface area contributed by atoms with Crippen LogP contribution < -0.4 is 4.90 Å². The van der Waals surface area contributed by atoms with Crippen molar-refractivity contribution < 1.29 is 28.9 Å². The molecule has 0 atom stereocenters. The Morgan fingerprint density at radius 1 is 0.975 bits per heavy atom. The number of carboxylic acid groups (broad SMARTS) is 1. The Morgan fingerprint density at radius 3 is 2.48 bits per heavy atom. The van der Waals surface area contributed by atoms with E-state index in [-0.39, 0.29) is 17.4 Å². The number of H-pyrrole nitrogens is 1. The number of ether oxygens (including phenoxy) is 1. The zero-order valence-electron chi connectivity index (χ0n) is 21.6. The molecule has 3 heterocycles. The largest absolute Gasteiger partial charge is 0.494 e. The molecule has 1 fully saturated rings. The number of nitrogens with one attached hydrogen (secondary N) is 1. The molecular formula is C30H27FN4O5. The Hall–Kier alpha value is -4.54. The number of halogens is 1. The fraction of sp³-hybridized carbons (Fsp3) is 0.233. The second-order valence-corrected chi connectivity index (χ2v) is 9.88. The molecule has 0 spiro atoms. The van der Waals surface area contributed by atoms with E-state index in [9.17, 15) is 24.2 Å². The van der Waals surface area contributed by atoms with E-state index in [1.54, 1.807) is 18.2 Å². The molecule has 1 amide bonds. The molecule has 0 unspecified atom stereocenters. The van der Waals surface area contributed by atoms with Crippen LogP contribution in [-0.4, -0.2) is 77.1 Å². The zero-order valence-corrected chi connectivity index (χ0v) is 21.6. The van der Waals surface area contributed by atoms with Gasteiger partial charge < -0.3 is 24.8 Å². The minimum atomic E-state index is -1.08. The number of carbonyl (C=O) groups excluding carboxylic acids is 1. The number of morpholine rings is 1. The molecule has 0 saturated carbocycles. The second kappa shape index (κ2) is 10.6. The number of rotatable bonds is 6. The lowest BCUT2D eigenvalue weighted by Gasteiger charge is -2.28. The average molecular weight is 543 g/mol. The van der Waals surface area contributed by atoms with Crippen molar-refractivity contribution in [2.24, 2.45) is 4.99 Å². The van der Waals surface area contributed by atoms with Crippen LogP contribution in [0.15, 0.2) is 65.7 Å². The number of carbonyl (C=O) groups is 2. The summed E-state index contributed by atoms with van der Waals surface area (Å²) in [6.45, 7) is 3.68. The van der Waals surface area contributed by atoms with E-state index in [0.29, 0.717) is 66.2 Å². The minimum absolute atomic E-state index is 0.0494. The van der Waals surface area contributed by atoms with Crippen LogP contribution in [0.25, 0.3) is 10.9 Å². The summed E-state index contributed by atoms with van der Waals surface area (Å²) in [5.74, 6) is -1.62. The molecule has 2 aliphatic rings. The number of aromatic carboxylic acids is 1. The minimum Gasteiger partial charge on any atom is -0.494 e. The molecule has 0 bridgehead atoms. The molecule has 3 N–H and O–H groups in total. The van der Waals surface area contributed by atoms with Crippen LogP contribution in [0.1, 0.15) is 27.0 Å². The predicted molar refractivity (Wildman–Crippen MR) is 148 cm³/mol. The van der Waals surface area contributed by atoms with Crippen molar-refractivity contribution in [3.05, 3.63) is 88.7 Å². The highest BCUT2D eigenvalue weighted by atomic mass is 19.1. The normalized spacial score (nSPS) is 15.9. The maximum absolute atomic E-state index is 13.8. The van der Waals surface area contributed by atoms with E-state index in [2.05, 4.69) is 9.88 Å². The summed E-state index contributed by atoms with van der Waals surface area (Å²) in [4.78, 5) is 36.1. The third kappa shape index (κ3) is 4.94. The highest BCUT2D eigenvalue weighted by Crippen LogP contribution is 2.35. The Balaban J connectivity index is 1.37. The van der Waals surface area contributed by atoms with E-state index < -0.39 is 11.8 Å². The molecule has 4 aromatic rings. The molecule has 1 saturated heterocycles. The van der Waals surface area contributed by atoms with Gasteiger partial charge in [0.05, 0.1) is 42.3 Å². The van der Waals surface area contributed by atoms with Crippen LogP contribution in [0.4, 0.5) is 15.8 Å². The first-order valence-corrected chi connectivity index (χ1v) is 13.0. The summed E-state index contributed by atoms with van der Waals surface area (Å²) in [6.07, 6.45) is 0.690. The molecule has 204 valence electrons. The van der Waals surface area contributed by atoms with Crippen molar-refractivity contribution >= 4 is 39.9 Å². The fourth-order valence-electron chi connectivity index (χ4n) is 5.31. The molecule has 2 aliphatic heterocycles. The molecule has 6 rings (SSSR count). The van der Waals surface area contributed by atoms with Crippen LogP contribution >= 0.6 is 0 Å². The van der Waals surface area contributed by atoms with E-state index >= 15 is 0 Å². The van der Waals surface area contributed by atoms with Gasteiger partial charge in [-0.3, -0.25) is 9.69 Å². The summed E-state index contributed by atoms with van der Waals surface area (Å²) in [7, 11) is 0. The Kier molecular flexibility index (Phi) is 6.79. The summed E-state index contributed by atoms with van der Waals surface area (Å²) in [5.41, 5.74) is 4.31. The van der Waals surface area contributed by atoms with Crippen LogP contribution in [-0.2, 0) is 16.0 Å². The summed E-state index contributed by atoms with van der Waals surface area (Å²) in [6, 6.07) is 15.9. The number of amides is 1. The lowest BCUT2D eigenvalue weighted by Crippen LogP contribution is -2.44. The highest BCUT2D eigenvalue weighted by molar-refractivity contribution is 6.22. The van der Waals surface area contributed by atoms with Crippen molar-refractivity contribution in [2.45, 2.75) is 6.42 Å². The highest BCUT2D eigenvalue weighted by Gasteiger charge is 2.27. The average Bonchev–Trinajstić information content (AvgIpc) is 3.52. The van der Waals surface area contributed by atoms with Gasteiger partial charge in [0, 0.05) is 41.8 Å². The van der Waals surface area contributed by atoms with Crippen LogP contribution in [0.2, 0.25) is 0 Å². The smallest absolute Gasteiger partial charge is 0.335 e. The molecule has 0 aliphatic carbocycles. The molecule has 0 radical (unpaired) electrons. The van der Waals surface area contributed by atoms with Crippen LogP contribution in [0, 0.1) is 5.82 Å². The zero-order chi connectivity index (χ0) is 27.8. The van der Waals surface area contributed by atoms with Gasteiger partial charge in [-0.1, -0.05) is 6.07 Å². The number of aromatic nitrogens is 1. The van der Waals surface area contributed by atoms with E-state index in [1.165, 1.54) is 24.3 Å². The van der Waals surface area contributed by atoms with E-state index in [1.807, 2.05) is 23.1 Å². The molecule has 3 aromatic carbocycles. The summed E-state index contributed by atoms with van der Waals surface area (Å²) >= 11 is 0. The van der Waals surface area contributed by atoms with Gasteiger partial charge in [0.25, 0.3) is 0 Å². The maximum Gasteiger partial charge on any atom is 0.335 e. The quantitative estimate of drug-likeness (QED) is 0.316. The Labute approximate surface area is 229 Å². The van der Waals surface area contributed by atoms with Crippen molar-refractivity contribution in [3.8, 4) is 5.88 Å².